The average Bonchev–Trinajstić information content (AvgIpc) is 2.34. The molecule has 0 saturated carbocycles. The highest BCUT2D eigenvalue weighted by atomic mass is 16.2. The molecule has 0 aromatic rings. The number of hydrogen-bond acceptors (Lipinski definition) is 1. The molecule has 1 aliphatic rings. The minimum atomic E-state index is 0.178. The fourth-order valence-electron chi connectivity index (χ4n) is 1.28. The van der Waals surface area contributed by atoms with Crippen molar-refractivity contribution in [2.24, 2.45) is 11.8 Å². The third-order valence-corrected chi connectivity index (χ3v) is 2.10. The predicted octanol–water partition coefficient (Wildman–Crippen LogP) is 0.945. The maximum absolute atomic E-state index is 11.0. The third-order valence-electron chi connectivity index (χ3n) is 2.10. The summed E-state index contributed by atoms with van der Waals surface area (Å²) in [6.45, 7) is 6.52. The van der Waals surface area contributed by atoms with Crippen LogP contribution in [0.5, 0.6) is 0 Å². The van der Waals surface area contributed by atoms with Crippen molar-refractivity contribution in [2.75, 3.05) is 6.54 Å². The summed E-state index contributed by atoms with van der Waals surface area (Å²) in [6, 6.07) is 0. The molecule has 1 unspecified atom stereocenters. The van der Waals surface area contributed by atoms with Crippen molar-refractivity contribution in [2.45, 2.75) is 13.3 Å². The van der Waals surface area contributed by atoms with Crippen molar-refractivity contribution in [1.82, 2.24) is 5.32 Å². The molecule has 1 saturated heterocycles. The molecule has 1 N–H and O–H groups in total. The van der Waals surface area contributed by atoms with E-state index in [4.69, 9.17) is 0 Å². The molecule has 0 aromatic heterocycles. The monoisotopic (exact) mass is 139 g/mol. The second-order valence-corrected chi connectivity index (χ2v) is 2.78. The summed E-state index contributed by atoms with van der Waals surface area (Å²) >= 11 is 0. The van der Waals surface area contributed by atoms with Crippen LogP contribution in [0.1, 0.15) is 13.3 Å². The lowest BCUT2D eigenvalue weighted by Crippen LogP contribution is -2.22. The van der Waals surface area contributed by atoms with Crippen LogP contribution in [0.25, 0.3) is 0 Å². The zero-order chi connectivity index (χ0) is 7.56. The highest BCUT2D eigenvalue weighted by molar-refractivity contribution is 5.81. The van der Waals surface area contributed by atoms with Gasteiger partial charge in [-0.1, -0.05) is 13.0 Å². The van der Waals surface area contributed by atoms with Gasteiger partial charge in [0.25, 0.3) is 0 Å². The zero-order valence-electron chi connectivity index (χ0n) is 6.26. The molecule has 56 valence electrons. The van der Waals surface area contributed by atoms with Crippen LogP contribution < -0.4 is 5.32 Å². The lowest BCUT2D eigenvalue weighted by molar-refractivity contribution is -0.123. The summed E-state index contributed by atoms with van der Waals surface area (Å²) in [4.78, 5) is 11.0. The summed E-state index contributed by atoms with van der Waals surface area (Å²) in [7, 11) is 0. The second kappa shape index (κ2) is 2.86. The fraction of sp³-hybridized carbons (Fsp3) is 0.625. The first-order valence-electron chi connectivity index (χ1n) is 3.66. The van der Waals surface area contributed by atoms with Gasteiger partial charge in [-0.15, -0.1) is 6.58 Å². The zero-order valence-corrected chi connectivity index (χ0v) is 6.26. The van der Waals surface area contributed by atoms with E-state index in [0.29, 0.717) is 5.92 Å². The van der Waals surface area contributed by atoms with Crippen LogP contribution in [-0.2, 0) is 4.79 Å². The molecule has 1 fully saturated rings. The molecule has 2 atom stereocenters. The largest absolute Gasteiger partial charge is 0.356 e. The van der Waals surface area contributed by atoms with Gasteiger partial charge in [0.05, 0.1) is 0 Å². The smallest absolute Gasteiger partial charge is 0.223 e. The SMILES string of the molecule is C=CC(C)[C@@H]1CCNC1=O. The Morgan fingerprint density at radius 2 is 2.60 bits per heavy atom. The second-order valence-electron chi connectivity index (χ2n) is 2.78. The number of hydrogen-bond donors (Lipinski definition) is 1. The summed E-state index contributed by atoms with van der Waals surface area (Å²) in [5.41, 5.74) is 0. The Hall–Kier alpha value is -0.790. The van der Waals surface area contributed by atoms with E-state index in [9.17, 15) is 4.79 Å². The van der Waals surface area contributed by atoms with E-state index in [1.165, 1.54) is 0 Å². The van der Waals surface area contributed by atoms with Crippen molar-refractivity contribution in [3.63, 3.8) is 0 Å². The van der Waals surface area contributed by atoms with E-state index in [-0.39, 0.29) is 11.8 Å². The Morgan fingerprint density at radius 3 is 3.00 bits per heavy atom. The van der Waals surface area contributed by atoms with Gasteiger partial charge in [-0.2, -0.15) is 0 Å². The molecule has 0 aliphatic carbocycles. The normalized spacial score (nSPS) is 27.7. The Labute approximate surface area is 61.3 Å². The van der Waals surface area contributed by atoms with E-state index in [1.807, 2.05) is 13.0 Å². The molecular weight excluding hydrogens is 126 g/mol. The van der Waals surface area contributed by atoms with Crippen molar-refractivity contribution in [1.29, 1.82) is 0 Å². The molecule has 0 radical (unpaired) electrons. The number of allylic oxidation sites excluding steroid dienone is 1. The average molecular weight is 139 g/mol. The van der Waals surface area contributed by atoms with Gasteiger partial charge in [0.2, 0.25) is 5.91 Å². The molecule has 0 aromatic carbocycles. The molecule has 2 nitrogen and oxygen atoms in total. The number of nitrogens with one attached hydrogen (secondary N) is 1. The maximum Gasteiger partial charge on any atom is 0.223 e. The van der Waals surface area contributed by atoms with Gasteiger partial charge in [0, 0.05) is 12.5 Å². The first kappa shape index (κ1) is 7.32. The highest BCUT2D eigenvalue weighted by Crippen LogP contribution is 2.19. The number of rotatable bonds is 2. The van der Waals surface area contributed by atoms with Gasteiger partial charge in [-0.05, 0) is 12.3 Å². The first-order chi connectivity index (χ1) is 4.75. The summed E-state index contributed by atoms with van der Waals surface area (Å²) < 4.78 is 0. The molecule has 0 bridgehead atoms. The minimum absolute atomic E-state index is 0.178. The standard InChI is InChI=1S/C8H13NO/c1-3-6(2)7-4-5-9-8(7)10/h3,6-7H,1,4-5H2,2H3,(H,9,10)/t6?,7-/m0/s1. The van der Waals surface area contributed by atoms with Crippen LogP contribution in [-0.4, -0.2) is 12.5 Å². The van der Waals surface area contributed by atoms with Crippen molar-refractivity contribution < 1.29 is 4.79 Å². The molecule has 2 heteroatoms. The molecule has 1 rings (SSSR count). The number of carbonyl (C=O) groups is 1. The molecule has 1 heterocycles. The maximum atomic E-state index is 11.0. The van der Waals surface area contributed by atoms with E-state index in [0.717, 1.165) is 13.0 Å². The summed E-state index contributed by atoms with van der Waals surface area (Å²) in [5, 5.41) is 2.80. The highest BCUT2D eigenvalue weighted by Gasteiger charge is 2.27. The van der Waals surface area contributed by atoms with Gasteiger partial charge in [0.15, 0.2) is 0 Å². The van der Waals surface area contributed by atoms with E-state index < -0.39 is 0 Å². The summed E-state index contributed by atoms with van der Waals surface area (Å²) in [5.74, 6) is 0.687. The molecule has 1 amide bonds. The minimum Gasteiger partial charge on any atom is -0.356 e. The third kappa shape index (κ3) is 1.20. The quantitative estimate of drug-likeness (QED) is 0.567. The first-order valence-corrected chi connectivity index (χ1v) is 3.66. The number of amides is 1. The van der Waals surface area contributed by atoms with E-state index in [1.54, 1.807) is 0 Å². The van der Waals surface area contributed by atoms with Gasteiger partial charge in [-0.25, -0.2) is 0 Å². The number of carbonyl (C=O) groups excluding carboxylic acids is 1. The van der Waals surface area contributed by atoms with Crippen LogP contribution >= 0.6 is 0 Å². The van der Waals surface area contributed by atoms with Crippen LogP contribution in [0, 0.1) is 11.8 Å². The van der Waals surface area contributed by atoms with Crippen molar-refractivity contribution in [3.8, 4) is 0 Å². The van der Waals surface area contributed by atoms with Crippen molar-refractivity contribution in [3.05, 3.63) is 12.7 Å². The Bertz CT molecular complexity index is 153. The van der Waals surface area contributed by atoms with Gasteiger partial charge < -0.3 is 5.32 Å². The lowest BCUT2D eigenvalue weighted by atomic mass is 9.93. The van der Waals surface area contributed by atoms with Gasteiger partial charge >= 0.3 is 0 Å². The van der Waals surface area contributed by atoms with Crippen LogP contribution in [0.15, 0.2) is 12.7 Å². The predicted molar refractivity (Wildman–Crippen MR) is 40.5 cm³/mol. The van der Waals surface area contributed by atoms with Crippen molar-refractivity contribution >= 4 is 5.91 Å². The fourth-order valence-corrected chi connectivity index (χ4v) is 1.28. The molecule has 1 aliphatic heterocycles. The molecule has 10 heavy (non-hydrogen) atoms. The van der Waals surface area contributed by atoms with Crippen LogP contribution in [0.3, 0.4) is 0 Å². The summed E-state index contributed by atoms with van der Waals surface area (Å²) in [6.07, 6.45) is 2.81. The lowest BCUT2D eigenvalue weighted by Gasteiger charge is -2.10. The Balaban J connectivity index is 2.54. The van der Waals surface area contributed by atoms with E-state index in [2.05, 4.69) is 11.9 Å². The van der Waals surface area contributed by atoms with E-state index >= 15 is 0 Å². The van der Waals surface area contributed by atoms with Gasteiger partial charge in [0.1, 0.15) is 0 Å². The van der Waals surface area contributed by atoms with Crippen LogP contribution in [0.2, 0.25) is 0 Å². The topological polar surface area (TPSA) is 29.1 Å². The Kier molecular flexibility index (Phi) is 2.10. The van der Waals surface area contributed by atoms with Gasteiger partial charge in [-0.3, -0.25) is 4.79 Å². The Morgan fingerprint density at radius 1 is 1.90 bits per heavy atom. The molecular formula is C8H13NO. The molecule has 0 spiro atoms. The van der Waals surface area contributed by atoms with Crippen LogP contribution in [0.4, 0.5) is 0 Å².